The van der Waals surface area contributed by atoms with Gasteiger partial charge in [-0.15, -0.1) is 5.14 Å². The molecule has 2 atom stereocenters. The predicted molar refractivity (Wildman–Crippen MR) is 114 cm³/mol. The van der Waals surface area contributed by atoms with Gasteiger partial charge in [-0.3, -0.25) is 0 Å². The molecule has 8 heteroatoms. The van der Waals surface area contributed by atoms with Gasteiger partial charge in [-0.1, -0.05) is 55.4 Å². The third-order valence-corrected chi connectivity index (χ3v) is 17.1. The lowest BCUT2D eigenvalue weighted by Crippen LogP contribution is -2.43. The zero-order valence-corrected chi connectivity index (χ0v) is 17.6. The Morgan fingerprint density at radius 1 is 1.29 bits per heavy atom. The molecule has 21 heavy (non-hydrogen) atoms. The van der Waals surface area contributed by atoms with E-state index >= 15 is 0 Å². The van der Waals surface area contributed by atoms with Crippen LogP contribution in [-0.2, 0) is 14.9 Å². The highest BCUT2D eigenvalue weighted by atomic mass is 33.9. The van der Waals surface area contributed by atoms with Crippen LogP contribution >= 0.6 is 62.3 Å². The topological polar surface area (TPSA) is 26.0 Å². The van der Waals surface area contributed by atoms with E-state index < -0.39 is 0 Å². The first kappa shape index (κ1) is 18.7. The number of unbranched alkanes of at least 4 members (excludes halogenated alkanes) is 1. The molecule has 1 fully saturated rings. The lowest BCUT2D eigenvalue weighted by atomic mass is 9.93. The average Bonchev–Trinajstić information content (AvgIpc) is 2.46. The van der Waals surface area contributed by atoms with E-state index in [1.54, 1.807) is 50.1 Å². The molecule has 2 unspecified atom stereocenters. The van der Waals surface area contributed by atoms with Gasteiger partial charge in [-0.2, -0.15) is 0 Å². The summed E-state index contributed by atoms with van der Waals surface area (Å²) >= 11 is 5.84. The molecule has 1 aliphatic rings. The Morgan fingerprint density at radius 3 is 2.81 bits per heavy atom. The molecule has 1 aliphatic heterocycles. The van der Waals surface area contributed by atoms with Crippen molar-refractivity contribution in [3.05, 3.63) is 35.4 Å². The first-order valence-electron chi connectivity index (χ1n) is 6.56. The third kappa shape index (κ3) is 4.47. The fraction of sp³-hybridized carbons (Fsp3) is 0.462. The van der Waals surface area contributed by atoms with E-state index in [2.05, 4.69) is 38.1 Å². The van der Waals surface area contributed by atoms with Crippen LogP contribution in [0.15, 0.2) is 24.3 Å². The fourth-order valence-corrected chi connectivity index (χ4v) is 18.1. The molecule has 0 saturated carbocycles. The van der Waals surface area contributed by atoms with Gasteiger partial charge in [0.1, 0.15) is 4.20 Å². The van der Waals surface area contributed by atoms with Gasteiger partial charge in [0.2, 0.25) is 4.75 Å². The second-order valence-electron chi connectivity index (χ2n) is 4.74. The SMILES string of the molecule is CCCCC1(c2cccc(C)c2)C(=S)SSSSS[S+]1N. The van der Waals surface area contributed by atoms with E-state index in [9.17, 15) is 0 Å². The van der Waals surface area contributed by atoms with Crippen molar-refractivity contribution in [3.63, 3.8) is 0 Å². The quantitative estimate of drug-likeness (QED) is 0.344. The van der Waals surface area contributed by atoms with Crippen LogP contribution < -0.4 is 5.14 Å². The van der Waals surface area contributed by atoms with Gasteiger partial charge in [0.25, 0.3) is 0 Å². The summed E-state index contributed by atoms with van der Waals surface area (Å²) in [6, 6.07) is 8.73. The molecule has 0 amide bonds. The summed E-state index contributed by atoms with van der Waals surface area (Å²) in [5, 5.41) is 6.64. The molecule has 0 aromatic heterocycles. The number of rotatable bonds is 4. The van der Waals surface area contributed by atoms with Crippen molar-refractivity contribution in [2.75, 3.05) is 0 Å². The molecule has 0 spiro atoms. The molecule has 1 heterocycles. The minimum Gasteiger partial charge on any atom is -0.138 e. The molecule has 0 radical (unpaired) electrons. The van der Waals surface area contributed by atoms with Gasteiger partial charge >= 0.3 is 0 Å². The molecule has 0 bridgehead atoms. The number of thiocarbonyl (C=S) groups is 1. The van der Waals surface area contributed by atoms with Crippen LogP contribution in [0.3, 0.4) is 0 Å². The molecular formula is C13H18NS7+. The van der Waals surface area contributed by atoms with Crippen LogP contribution in [-0.4, -0.2) is 4.20 Å². The summed E-state index contributed by atoms with van der Waals surface area (Å²) < 4.78 is 0.853. The Bertz CT molecular complexity index is 495. The van der Waals surface area contributed by atoms with E-state index in [1.165, 1.54) is 11.1 Å². The van der Waals surface area contributed by atoms with Crippen LogP contribution in [0.25, 0.3) is 0 Å². The Morgan fingerprint density at radius 2 is 2.10 bits per heavy atom. The standard InChI is InChI=1S/C13H18NS7/c1-3-4-8-13(11-7-5-6-10(2)9-11)12(15)16-17-18-19-20-21(13)14/h5-7,9H,3-4,8,14H2,1-2H3/q+1. The fourth-order valence-electron chi connectivity index (χ4n) is 2.21. The molecule has 1 aromatic rings. The highest BCUT2D eigenvalue weighted by molar-refractivity contribution is 9.42. The molecule has 0 aliphatic carbocycles. The maximum Gasteiger partial charge on any atom is 0.226 e. The van der Waals surface area contributed by atoms with E-state index in [0.29, 0.717) is 0 Å². The molecule has 2 rings (SSSR count). The van der Waals surface area contributed by atoms with Crippen LogP contribution in [0.4, 0.5) is 0 Å². The van der Waals surface area contributed by atoms with E-state index in [0.717, 1.165) is 23.5 Å². The van der Waals surface area contributed by atoms with Gasteiger partial charge in [0, 0.05) is 31.6 Å². The summed E-state index contributed by atoms with van der Waals surface area (Å²) in [6.45, 7) is 4.36. The number of hydrogen-bond acceptors (Lipinski definition) is 7. The van der Waals surface area contributed by atoms with Crippen molar-refractivity contribution in [1.82, 2.24) is 0 Å². The Hall–Kier alpha value is 1.37. The van der Waals surface area contributed by atoms with Crippen molar-refractivity contribution < 1.29 is 0 Å². The summed E-state index contributed by atoms with van der Waals surface area (Å²) in [7, 11) is 8.47. The maximum atomic E-state index is 6.64. The van der Waals surface area contributed by atoms with Crippen LogP contribution in [0, 0.1) is 6.92 Å². The van der Waals surface area contributed by atoms with Crippen LogP contribution in [0.5, 0.6) is 0 Å². The van der Waals surface area contributed by atoms with Crippen molar-refractivity contribution in [1.29, 1.82) is 0 Å². The van der Waals surface area contributed by atoms with Crippen molar-refractivity contribution in [3.8, 4) is 0 Å². The molecule has 1 nitrogen and oxygen atoms in total. The lowest BCUT2D eigenvalue weighted by Gasteiger charge is -2.30. The van der Waals surface area contributed by atoms with Crippen molar-refractivity contribution >= 4 is 76.6 Å². The van der Waals surface area contributed by atoms with Crippen molar-refractivity contribution in [2.45, 2.75) is 37.9 Å². The van der Waals surface area contributed by atoms with E-state index in [-0.39, 0.29) is 14.9 Å². The van der Waals surface area contributed by atoms with Crippen LogP contribution in [0.1, 0.15) is 37.3 Å². The van der Waals surface area contributed by atoms with Gasteiger partial charge in [0.05, 0.1) is 0 Å². The first-order chi connectivity index (χ1) is 10.1. The van der Waals surface area contributed by atoms with Crippen molar-refractivity contribution in [2.24, 2.45) is 5.14 Å². The zero-order chi connectivity index (χ0) is 15.3. The minimum atomic E-state index is -0.322. The smallest absolute Gasteiger partial charge is 0.138 e. The molecular weight excluding hydrogens is 395 g/mol. The summed E-state index contributed by atoms with van der Waals surface area (Å²) in [4.78, 5) is 0. The van der Waals surface area contributed by atoms with Gasteiger partial charge in [0.15, 0.2) is 19.9 Å². The largest absolute Gasteiger partial charge is 0.226 e. The number of hydrogen-bond donors (Lipinski definition) is 1. The highest BCUT2D eigenvalue weighted by Crippen LogP contribution is 2.60. The summed E-state index contributed by atoms with van der Waals surface area (Å²) in [5.41, 5.74) is 2.56. The first-order valence-corrected chi connectivity index (χ1v) is 14.9. The second kappa shape index (κ2) is 9.01. The average molecular weight is 413 g/mol. The summed E-state index contributed by atoms with van der Waals surface area (Å²) in [5.74, 6) is 0. The number of aryl methyl sites for hydroxylation is 1. The summed E-state index contributed by atoms with van der Waals surface area (Å²) in [6.07, 6.45) is 3.35. The number of benzene rings is 1. The molecule has 2 N–H and O–H groups in total. The molecule has 1 saturated heterocycles. The Labute approximate surface area is 154 Å². The van der Waals surface area contributed by atoms with E-state index in [4.69, 9.17) is 17.4 Å². The monoisotopic (exact) mass is 412 g/mol. The van der Waals surface area contributed by atoms with Crippen LogP contribution in [0.2, 0.25) is 0 Å². The minimum absolute atomic E-state index is 0.187. The Balaban J connectivity index is 2.48. The lowest BCUT2D eigenvalue weighted by molar-refractivity contribution is 0.654. The van der Waals surface area contributed by atoms with Gasteiger partial charge < -0.3 is 0 Å². The zero-order valence-electron chi connectivity index (χ0n) is 11.9. The van der Waals surface area contributed by atoms with Gasteiger partial charge in [-0.05, 0) is 34.0 Å². The number of nitrogens with two attached hydrogens (primary N) is 1. The highest BCUT2D eigenvalue weighted by Gasteiger charge is 2.54. The van der Waals surface area contributed by atoms with E-state index in [1.807, 2.05) is 0 Å². The second-order valence-corrected chi connectivity index (χ2v) is 15.9. The van der Waals surface area contributed by atoms with Gasteiger partial charge in [-0.25, -0.2) is 0 Å². The Kier molecular flexibility index (Phi) is 8.03. The normalized spacial score (nSPS) is 27.2. The maximum absolute atomic E-state index is 6.64. The molecule has 1 aromatic carbocycles. The molecule has 116 valence electrons. The predicted octanol–water partition coefficient (Wildman–Crippen LogP) is 6.45. The third-order valence-electron chi connectivity index (χ3n) is 3.31.